The fraction of sp³-hybridized carbons (Fsp3) is 0. The minimum absolute atomic E-state index is 0.239. The van der Waals surface area contributed by atoms with Gasteiger partial charge >= 0.3 is 0 Å². The lowest BCUT2D eigenvalue weighted by molar-refractivity contribution is 0.614. The second kappa shape index (κ2) is 7.05. The first-order valence-electron chi connectivity index (χ1n) is 6.97. The molecule has 0 saturated carbocycles. The van der Waals surface area contributed by atoms with Crippen LogP contribution in [0.15, 0.2) is 65.7 Å². The highest BCUT2D eigenvalue weighted by Crippen LogP contribution is 2.18. The van der Waals surface area contributed by atoms with Gasteiger partial charge in [0, 0.05) is 17.6 Å². The van der Waals surface area contributed by atoms with Crippen LogP contribution in [0.1, 0.15) is 0 Å². The van der Waals surface area contributed by atoms with Crippen molar-refractivity contribution in [2.75, 3.05) is 10.6 Å². The minimum Gasteiger partial charge on any atom is -0.340 e. The molecule has 0 aliphatic carbocycles. The van der Waals surface area contributed by atoms with E-state index in [1.54, 1.807) is 36.5 Å². The third kappa shape index (κ3) is 4.05. The van der Waals surface area contributed by atoms with Crippen molar-refractivity contribution in [2.45, 2.75) is 4.90 Å². The Labute approximate surface area is 139 Å². The second-order valence-corrected chi connectivity index (χ2v) is 5.86. The van der Waals surface area contributed by atoms with Gasteiger partial charge in [-0.2, -0.15) is 4.98 Å². The van der Waals surface area contributed by atoms with Gasteiger partial charge in [0.2, 0.25) is 5.95 Å². The fourth-order valence-corrected chi connectivity index (χ4v) is 2.36. The highest BCUT2D eigenvalue weighted by atomic mass is 32.2. The molecule has 0 unspecified atom stereocenters. The second-order valence-electron chi connectivity index (χ2n) is 4.83. The smallest absolute Gasteiger partial charge is 0.229 e. The summed E-state index contributed by atoms with van der Waals surface area (Å²) in [4.78, 5) is 8.64. The maximum Gasteiger partial charge on any atom is 0.229 e. The van der Waals surface area contributed by atoms with Crippen LogP contribution in [0, 0.1) is 5.82 Å². The number of nitrogens with zero attached hydrogens (tertiary/aromatic N) is 2. The van der Waals surface area contributed by atoms with Gasteiger partial charge in [0.05, 0.1) is 4.90 Å². The number of thiol groups is 1. The predicted octanol–water partition coefficient (Wildman–Crippen LogP) is 3.07. The fourth-order valence-electron chi connectivity index (χ4n) is 1.97. The molecule has 0 bridgehead atoms. The van der Waals surface area contributed by atoms with Crippen LogP contribution < -0.4 is 10.6 Å². The molecule has 2 N–H and O–H groups in total. The Morgan fingerprint density at radius 3 is 2.12 bits per heavy atom. The van der Waals surface area contributed by atoms with Crippen LogP contribution in [0.4, 0.5) is 27.5 Å². The molecular formula is C16H13FN4O2S. The maximum absolute atomic E-state index is 12.9. The number of hydrogen-bond donors (Lipinski definition) is 3. The topological polar surface area (TPSA) is 84.0 Å². The Bertz CT molecular complexity index is 904. The first-order valence-corrected chi connectivity index (χ1v) is 8.15. The van der Waals surface area contributed by atoms with Crippen LogP contribution in [0.25, 0.3) is 0 Å². The Hall–Kier alpha value is -3.00. The minimum atomic E-state index is -2.60. The van der Waals surface area contributed by atoms with Gasteiger partial charge in [-0.3, -0.25) is 0 Å². The van der Waals surface area contributed by atoms with Crippen molar-refractivity contribution in [3.8, 4) is 0 Å². The average molecular weight is 344 g/mol. The third-order valence-corrected chi connectivity index (χ3v) is 3.83. The van der Waals surface area contributed by atoms with Crippen molar-refractivity contribution in [1.82, 2.24) is 9.97 Å². The molecule has 1 heterocycles. The van der Waals surface area contributed by atoms with Crippen molar-refractivity contribution in [3.05, 3.63) is 66.6 Å². The molecule has 0 saturated heterocycles. The van der Waals surface area contributed by atoms with Crippen molar-refractivity contribution >= 4 is 33.8 Å². The molecule has 0 atom stereocenters. The standard InChI is InChI=1S/C16H13FN4O2S/c17-11-1-3-12(4-2-11)19-15-9-10-18-16(21-15)20-13-5-7-14(8-6-13)24(22)23/h1-10,24H,(H2,18,19,20,21). The van der Waals surface area contributed by atoms with E-state index in [-0.39, 0.29) is 10.7 Å². The van der Waals surface area contributed by atoms with Crippen LogP contribution in [0.2, 0.25) is 0 Å². The highest BCUT2D eigenvalue weighted by molar-refractivity contribution is 7.72. The van der Waals surface area contributed by atoms with E-state index in [4.69, 9.17) is 0 Å². The largest absolute Gasteiger partial charge is 0.340 e. The third-order valence-electron chi connectivity index (χ3n) is 3.11. The molecule has 1 aromatic heterocycles. The number of hydrogen-bond acceptors (Lipinski definition) is 6. The van der Waals surface area contributed by atoms with E-state index in [1.165, 1.54) is 24.3 Å². The lowest BCUT2D eigenvalue weighted by Crippen LogP contribution is -2.00. The van der Waals surface area contributed by atoms with E-state index >= 15 is 0 Å². The quantitative estimate of drug-likeness (QED) is 0.617. The molecule has 0 spiro atoms. The highest BCUT2D eigenvalue weighted by Gasteiger charge is 2.02. The van der Waals surface area contributed by atoms with Crippen LogP contribution in [-0.4, -0.2) is 18.4 Å². The normalized spacial score (nSPS) is 10.6. The Morgan fingerprint density at radius 2 is 1.46 bits per heavy atom. The van der Waals surface area contributed by atoms with Gasteiger partial charge in [-0.1, -0.05) is 0 Å². The van der Waals surface area contributed by atoms with E-state index < -0.39 is 10.7 Å². The van der Waals surface area contributed by atoms with Gasteiger partial charge in [0.15, 0.2) is 10.7 Å². The molecule has 24 heavy (non-hydrogen) atoms. The number of rotatable bonds is 5. The molecular weight excluding hydrogens is 331 g/mol. The number of halogens is 1. The molecule has 0 radical (unpaired) electrons. The van der Waals surface area contributed by atoms with E-state index in [1.807, 2.05) is 0 Å². The monoisotopic (exact) mass is 344 g/mol. The van der Waals surface area contributed by atoms with Crippen molar-refractivity contribution in [3.63, 3.8) is 0 Å². The first kappa shape index (κ1) is 15.9. The summed E-state index contributed by atoms with van der Waals surface area (Å²) in [6.07, 6.45) is 1.57. The SMILES string of the molecule is O=[SH](=O)c1ccc(Nc2nccc(Nc3ccc(F)cc3)n2)cc1. The zero-order valence-electron chi connectivity index (χ0n) is 12.3. The Kier molecular flexibility index (Phi) is 4.66. The molecule has 0 aliphatic heterocycles. The average Bonchev–Trinajstić information content (AvgIpc) is 2.58. The van der Waals surface area contributed by atoms with Crippen LogP contribution in [-0.2, 0) is 10.7 Å². The van der Waals surface area contributed by atoms with Crippen molar-refractivity contribution in [1.29, 1.82) is 0 Å². The molecule has 6 nitrogen and oxygen atoms in total. The predicted molar refractivity (Wildman–Crippen MR) is 90.0 cm³/mol. The van der Waals surface area contributed by atoms with Gasteiger partial charge < -0.3 is 10.6 Å². The lowest BCUT2D eigenvalue weighted by atomic mass is 10.3. The van der Waals surface area contributed by atoms with Crippen molar-refractivity contribution < 1.29 is 12.8 Å². The molecule has 3 rings (SSSR count). The summed E-state index contributed by atoms with van der Waals surface area (Å²) >= 11 is 0. The lowest BCUT2D eigenvalue weighted by Gasteiger charge is -2.08. The van der Waals surface area contributed by atoms with Gasteiger partial charge in [0.1, 0.15) is 11.6 Å². The molecule has 0 fully saturated rings. The molecule has 0 aliphatic rings. The van der Waals surface area contributed by atoms with E-state index in [0.29, 0.717) is 23.1 Å². The zero-order chi connectivity index (χ0) is 16.9. The van der Waals surface area contributed by atoms with Gasteiger partial charge in [-0.25, -0.2) is 17.8 Å². The van der Waals surface area contributed by atoms with Crippen LogP contribution >= 0.6 is 0 Å². The van der Waals surface area contributed by atoms with Crippen molar-refractivity contribution in [2.24, 2.45) is 0 Å². The molecule has 8 heteroatoms. The van der Waals surface area contributed by atoms with E-state index in [2.05, 4.69) is 20.6 Å². The van der Waals surface area contributed by atoms with Gasteiger partial charge in [0.25, 0.3) is 0 Å². The first-order chi connectivity index (χ1) is 11.6. The van der Waals surface area contributed by atoms with E-state index in [0.717, 1.165) is 0 Å². The number of anilines is 4. The maximum atomic E-state index is 12.9. The van der Waals surface area contributed by atoms with E-state index in [9.17, 15) is 12.8 Å². The van der Waals surface area contributed by atoms with Crippen LogP contribution in [0.5, 0.6) is 0 Å². The summed E-state index contributed by atoms with van der Waals surface area (Å²) in [5.41, 5.74) is 1.36. The Balaban J connectivity index is 1.74. The zero-order valence-corrected chi connectivity index (χ0v) is 13.2. The summed E-state index contributed by atoms with van der Waals surface area (Å²) in [7, 11) is -2.60. The summed E-state index contributed by atoms with van der Waals surface area (Å²) in [5.74, 6) is 0.577. The summed E-state index contributed by atoms with van der Waals surface area (Å²) in [6, 6.07) is 13.8. The van der Waals surface area contributed by atoms with Gasteiger partial charge in [-0.15, -0.1) is 0 Å². The Morgan fingerprint density at radius 1 is 0.833 bits per heavy atom. The molecule has 0 amide bonds. The number of benzene rings is 2. The molecule has 2 aromatic carbocycles. The molecule has 3 aromatic rings. The molecule has 122 valence electrons. The number of aromatic nitrogens is 2. The summed E-state index contributed by atoms with van der Waals surface area (Å²) in [6.45, 7) is 0. The number of nitrogens with one attached hydrogen (secondary N) is 2. The van der Waals surface area contributed by atoms with Gasteiger partial charge in [-0.05, 0) is 54.6 Å². The van der Waals surface area contributed by atoms with Crippen LogP contribution in [0.3, 0.4) is 0 Å². The summed E-state index contributed by atoms with van der Waals surface area (Å²) in [5, 5.41) is 6.03. The summed E-state index contributed by atoms with van der Waals surface area (Å²) < 4.78 is 34.6.